The standard InChI is InChI=1S/C16H34N2/c1-6-14(4)16-12-18(11-7-10-17-16)15(5)9-8-13(2)3/h13-17H,6-12H2,1-5H3. The van der Waals surface area contributed by atoms with E-state index in [9.17, 15) is 0 Å². The van der Waals surface area contributed by atoms with Crippen LogP contribution in [0.5, 0.6) is 0 Å². The highest BCUT2D eigenvalue weighted by Gasteiger charge is 2.24. The van der Waals surface area contributed by atoms with Crippen molar-refractivity contribution in [3.63, 3.8) is 0 Å². The van der Waals surface area contributed by atoms with Gasteiger partial charge in [-0.15, -0.1) is 0 Å². The second kappa shape index (κ2) is 8.16. The molecular weight excluding hydrogens is 220 g/mol. The summed E-state index contributed by atoms with van der Waals surface area (Å²) in [6.45, 7) is 15.5. The minimum Gasteiger partial charge on any atom is -0.312 e. The van der Waals surface area contributed by atoms with E-state index in [0.717, 1.165) is 17.9 Å². The maximum Gasteiger partial charge on any atom is 0.0220 e. The molecule has 0 aromatic carbocycles. The lowest BCUT2D eigenvalue weighted by atomic mass is 9.97. The van der Waals surface area contributed by atoms with E-state index in [1.807, 2.05) is 0 Å². The predicted molar refractivity (Wildman–Crippen MR) is 81.0 cm³/mol. The van der Waals surface area contributed by atoms with Crippen LogP contribution in [-0.2, 0) is 0 Å². The maximum atomic E-state index is 3.74. The number of hydrogen-bond donors (Lipinski definition) is 1. The van der Waals surface area contributed by atoms with Crippen molar-refractivity contribution in [3.8, 4) is 0 Å². The number of rotatable bonds is 6. The van der Waals surface area contributed by atoms with Gasteiger partial charge in [0.15, 0.2) is 0 Å². The third-order valence-corrected chi connectivity index (χ3v) is 4.58. The summed E-state index contributed by atoms with van der Waals surface area (Å²) < 4.78 is 0. The molecule has 108 valence electrons. The van der Waals surface area contributed by atoms with Crippen molar-refractivity contribution in [2.45, 2.75) is 72.4 Å². The first-order valence-electron chi connectivity index (χ1n) is 8.02. The molecule has 1 aliphatic heterocycles. The van der Waals surface area contributed by atoms with E-state index >= 15 is 0 Å². The fourth-order valence-corrected chi connectivity index (χ4v) is 2.80. The van der Waals surface area contributed by atoms with Crippen molar-refractivity contribution < 1.29 is 0 Å². The van der Waals surface area contributed by atoms with Gasteiger partial charge in [0.25, 0.3) is 0 Å². The molecule has 1 saturated heterocycles. The van der Waals surface area contributed by atoms with Crippen LogP contribution in [0.2, 0.25) is 0 Å². The van der Waals surface area contributed by atoms with Crippen molar-refractivity contribution in [1.29, 1.82) is 0 Å². The molecule has 0 amide bonds. The Bertz CT molecular complexity index is 215. The molecule has 0 aromatic heterocycles. The molecule has 3 unspecified atom stereocenters. The predicted octanol–water partition coefficient (Wildman–Crippen LogP) is 3.52. The summed E-state index contributed by atoms with van der Waals surface area (Å²) in [6.07, 6.45) is 5.30. The Hall–Kier alpha value is -0.0800. The van der Waals surface area contributed by atoms with Crippen molar-refractivity contribution in [1.82, 2.24) is 10.2 Å². The molecule has 0 radical (unpaired) electrons. The summed E-state index contributed by atoms with van der Waals surface area (Å²) in [6, 6.07) is 1.44. The van der Waals surface area contributed by atoms with Crippen molar-refractivity contribution in [2.75, 3.05) is 19.6 Å². The second-order valence-corrected chi connectivity index (χ2v) is 6.61. The van der Waals surface area contributed by atoms with E-state index in [2.05, 4.69) is 44.8 Å². The lowest BCUT2D eigenvalue weighted by molar-refractivity contribution is 0.174. The van der Waals surface area contributed by atoms with E-state index in [0.29, 0.717) is 6.04 Å². The Labute approximate surface area is 115 Å². The van der Waals surface area contributed by atoms with Gasteiger partial charge in [-0.1, -0.05) is 34.1 Å². The van der Waals surface area contributed by atoms with E-state index in [4.69, 9.17) is 0 Å². The van der Waals surface area contributed by atoms with Gasteiger partial charge in [0.2, 0.25) is 0 Å². The molecular formula is C16H34N2. The largest absolute Gasteiger partial charge is 0.312 e. The van der Waals surface area contributed by atoms with Gasteiger partial charge in [-0.3, -0.25) is 4.90 Å². The fourth-order valence-electron chi connectivity index (χ4n) is 2.80. The summed E-state index contributed by atoms with van der Waals surface area (Å²) >= 11 is 0. The van der Waals surface area contributed by atoms with Crippen molar-refractivity contribution >= 4 is 0 Å². The molecule has 1 heterocycles. The van der Waals surface area contributed by atoms with Gasteiger partial charge in [0.05, 0.1) is 0 Å². The van der Waals surface area contributed by atoms with E-state index in [-0.39, 0.29) is 0 Å². The number of nitrogens with zero attached hydrogens (tertiary/aromatic N) is 1. The highest BCUT2D eigenvalue weighted by Crippen LogP contribution is 2.17. The zero-order chi connectivity index (χ0) is 13.5. The summed E-state index contributed by atoms with van der Waals surface area (Å²) in [5, 5.41) is 3.74. The highest BCUT2D eigenvalue weighted by atomic mass is 15.2. The SMILES string of the molecule is CCC(C)C1CN(C(C)CCC(C)C)CCCN1. The van der Waals surface area contributed by atoms with Gasteiger partial charge >= 0.3 is 0 Å². The van der Waals surface area contributed by atoms with Crippen LogP contribution in [0.3, 0.4) is 0 Å². The number of nitrogens with one attached hydrogen (secondary N) is 1. The van der Waals surface area contributed by atoms with Gasteiger partial charge in [0, 0.05) is 18.6 Å². The Morgan fingerprint density at radius 3 is 2.50 bits per heavy atom. The van der Waals surface area contributed by atoms with Crippen LogP contribution in [0.15, 0.2) is 0 Å². The number of hydrogen-bond acceptors (Lipinski definition) is 2. The topological polar surface area (TPSA) is 15.3 Å². The second-order valence-electron chi connectivity index (χ2n) is 6.61. The van der Waals surface area contributed by atoms with Crippen LogP contribution in [0.4, 0.5) is 0 Å². The molecule has 0 bridgehead atoms. The van der Waals surface area contributed by atoms with Crippen LogP contribution in [0.25, 0.3) is 0 Å². The molecule has 18 heavy (non-hydrogen) atoms. The quantitative estimate of drug-likeness (QED) is 0.780. The van der Waals surface area contributed by atoms with E-state index in [1.54, 1.807) is 0 Å². The summed E-state index contributed by atoms with van der Waals surface area (Å²) in [7, 11) is 0. The molecule has 0 aromatic rings. The molecule has 3 atom stereocenters. The lowest BCUT2D eigenvalue weighted by Gasteiger charge is -2.32. The van der Waals surface area contributed by atoms with Crippen LogP contribution >= 0.6 is 0 Å². The Balaban J connectivity index is 2.47. The molecule has 1 aliphatic rings. The minimum absolute atomic E-state index is 0.694. The Kier molecular flexibility index (Phi) is 7.25. The van der Waals surface area contributed by atoms with E-state index in [1.165, 1.54) is 45.3 Å². The zero-order valence-corrected chi connectivity index (χ0v) is 13.2. The highest BCUT2D eigenvalue weighted by molar-refractivity contribution is 4.82. The first kappa shape index (κ1) is 16.0. The van der Waals surface area contributed by atoms with Crippen LogP contribution in [0, 0.1) is 11.8 Å². The van der Waals surface area contributed by atoms with E-state index < -0.39 is 0 Å². The Morgan fingerprint density at radius 1 is 1.17 bits per heavy atom. The first-order valence-corrected chi connectivity index (χ1v) is 8.02. The molecule has 2 heteroatoms. The maximum absolute atomic E-state index is 3.74. The van der Waals surface area contributed by atoms with Crippen molar-refractivity contribution in [2.24, 2.45) is 11.8 Å². The minimum atomic E-state index is 0.694. The molecule has 1 rings (SSSR count). The normalized spacial score (nSPS) is 26.0. The van der Waals surface area contributed by atoms with Gasteiger partial charge in [-0.25, -0.2) is 0 Å². The molecule has 0 spiro atoms. The fraction of sp³-hybridized carbons (Fsp3) is 1.00. The zero-order valence-electron chi connectivity index (χ0n) is 13.2. The van der Waals surface area contributed by atoms with Crippen LogP contribution < -0.4 is 5.32 Å². The van der Waals surface area contributed by atoms with Gasteiger partial charge in [-0.2, -0.15) is 0 Å². The molecule has 0 saturated carbocycles. The lowest BCUT2D eigenvalue weighted by Crippen LogP contribution is -2.44. The summed E-state index contributed by atoms with van der Waals surface area (Å²) in [5.74, 6) is 1.63. The van der Waals surface area contributed by atoms with Crippen LogP contribution in [0.1, 0.15) is 60.3 Å². The average Bonchev–Trinajstić information content (AvgIpc) is 2.60. The Morgan fingerprint density at radius 2 is 1.89 bits per heavy atom. The van der Waals surface area contributed by atoms with Gasteiger partial charge in [-0.05, 0) is 51.1 Å². The molecule has 2 nitrogen and oxygen atoms in total. The third kappa shape index (κ3) is 5.27. The smallest absolute Gasteiger partial charge is 0.0220 e. The molecule has 0 aliphatic carbocycles. The third-order valence-electron chi connectivity index (χ3n) is 4.58. The van der Waals surface area contributed by atoms with Gasteiger partial charge < -0.3 is 5.32 Å². The van der Waals surface area contributed by atoms with Crippen molar-refractivity contribution in [3.05, 3.63) is 0 Å². The van der Waals surface area contributed by atoms with Gasteiger partial charge in [0.1, 0.15) is 0 Å². The monoisotopic (exact) mass is 254 g/mol. The van der Waals surface area contributed by atoms with Crippen LogP contribution in [-0.4, -0.2) is 36.6 Å². The first-order chi connectivity index (χ1) is 8.54. The summed E-state index contributed by atoms with van der Waals surface area (Å²) in [5.41, 5.74) is 0. The summed E-state index contributed by atoms with van der Waals surface area (Å²) in [4.78, 5) is 2.72. The molecule has 1 fully saturated rings. The molecule has 1 N–H and O–H groups in total. The average molecular weight is 254 g/mol.